The molecule has 4 aliphatic rings. The molecule has 3 aliphatic heterocycles. The number of carbonyl (C=O) groups excluding carboxylic acids is 2. The van der Waals surface area contributed by atoms with Gasteiger partial charge in [0.15, 0.2) is 0 Å². The van der Waals surface area contributed by atoms with Crippen molar-refractivity contribution in [2.45, 2.75) is 51.0 Å². The summed E-state index contributed by atoms with van der Waals surface area (Å²) in [5.41, 5.74) is 2.08. The molecular weight excluding hydrogens is 501 g/mol. The average molecular weight is 540 g/mol. The molecule has 2 atom stereocenters. The summed E-state index contributed by atoms with van der Waals surface area (Å²) in [7, 11) is 0. The maximum atomic E-state index is 13.4. The zero-order valence-electron chi connectivity index (χ0n) is 22.1. The maximum absolute atomic E-state index is 13.4. The second-order valence-electron chi connectivity index (χ2n) is 11.9. The van der Waals surface area contributed by atoms with Crippen LogP contribution >= 0.6 is 12.4 Å². The Morgan fingerprint density at radius 3 is 2.29 bits per heavy atom. The molecule has 4 fully saturated rings. The summed E-state index contributed by atoms with van der Waals surface area (Å²) in [4.78, 5) is 33.0. The van der Waals surface area contributed by atoms with E-state index in [9.17, 15) is 14.0 Å². The molecule has 38 heavy (non-hydrogen) atoms. The van der Waals surface area contributed by atoms with Crippen LogP contribution in [0.1, 0.15) is 55.6 Å². The Bertz CT molecular complexity index is 1120. The number of amides is 2. The first kappa shape index (κ1) is 27.1. The normalized spacial score (nSPS) is 25.1. The molecule has 3 heterocycles. The number of benzene rings is 2. The Morgan fingerprint density at radius 1 is 0.921 bits per heavy atom. The largest absolute Gasteiger partial charge is 0.342 e. The van der Waals surface area contributed by atoms with Gasteiger partial charge in [-0.15, -0.1) is 12.4 Å². The molecule has 0 unspecified atom stereocenters. The quantitative estimate of drug-likeness (QED) is 0.491. The summed E-state index contributed by atoms with van der Waals surface area (Å²) >= 11 is 0. The topological polar surface area (TPSA) is 43.9 Å². The fourth-order valence-electron chi connectivity index (χ4n) is 6.85. The molecule has 7 heteroatoms. The van der Waals surface area contributed by atoms with Gasteiger partial charge in [-0.3, -0.25) is 9.59 Å². The van der Waals surface area contributed by atoms with Gasteiger partial charge in [-0.25, -0.2) is 4.39 Å². The third kappa shape index (κ3) is 5.76. The Labute approximate surface area is 231 Å². The zero-order chi connectivity index (χ0) is 25.4. The number of piperidine rings is 1. The highest BCUT2D eigenvalue weighted by molar-refractivity contribution is 5.85. The van der Waals surface area contributed by atoms with Crippen LogP contribution in [-0.4, -0.2) is 65.8 Å². The number of hydrogen-bond donors (Lipinski definition) is 0. The number of carbonyl (C=O) groups is 2. The third-order valence-electron chi connectivity index (χ3n) is 9.38. The van der Waals surface area contributed by atoms with E-state index < -0.39 is 0 Å². The Kier molecular flexibility index (Phi) is 8.11. The predicted molar refractivity (Wildman–Crippen MR) is 148 cm³/mol. The van der Waals surface area contributed by atoms with Gasteiger partial charge in [-0.1, -0.05) is 42.5 Å². The lowest BCUT2D eigenvalue weighted by molar-refractivity contribution is -0.139. The van der Waals surface area contributed by atoms with Crippen molar-refractivity contribution < 1.29 is 14.0 Å². The van der Waals surface area contributed by atoms with E-state index in [2.05, 4.69) is 40.1 Å². The van der Waals surface area contributed by atoms with Crippen LogP contribution in [0.2, 0.25) is 0 Å². The van der Waals surface area contributed by atoms with Crippen molar-refractivity contribution in [2.75, 3.05) is 39.3 Å². The van der Waals surface area contributed by atoms with E-state index in [0.29, 0.717) is 30.2 Å². The van der Waals surface area contributed by atoms with Crippen LogP contribution in [0.4, 0.5) is 4.39 Å². The van der Waals surface area contributed by atoms with Crippen molar-refractivity contribution in [3.63, 3.8) is 0 Å². The minimum Gasteiger partial charge on any atom is -0.342 e. The van der Waals surface area contributed by atoms with Crippen LogP contribution in [0.5, 0.6) is 0 Å². The molecule has 0 radical (unpaired) electrons. The summed E-state index contributed by atoms with van der Waals surface area (Å²) in [6, 6.07) is 17.2. The molecule has 204 valence electrons. The number of likely N-dealkylation sites (tertiary alicyclic amines) is 3. The monoisotopic (exact) mass is 539 g/mol. The maximum Gasteiger partial charge on any atom is 0.229 e. The summed E-state index contributed by atoms with van der Waals surface area (Å²) in [5.74, 6) is 1.78. The van der Waals surface area contributed by atoms with E-state index in [1.165, 1.54) is 30.5 Å². The van der Waals surface area contributed by atoms with Gasteiger partial charge >= 0.3 is 0 Å². The number of halogens is 2. The lowest BCUT2D eigenvalue weighted by Gasteiger charge is -2.39. The zero-order valence-corrected chi connectivity index (χ0v) is 22.9. The third-order valence-corrected chi connectivity index (χ3v) is 9.38. The molecule has 5 nitrogen and oxygen atoms in total. The van der Waals surface area contributed by atoms with Gasteiger partial charge in [0.2, 0.25) is 11.8 Å². The van der Waals surface area contributed by atoms with E-state index in [-0.39, 0.29) is 29.5 Å². The molecule has 1 spiro atoms. The smallest absolute Gasteiger partial charge is 0.229 e. The summed E-state index contributed by atoms with van der Waals surface area (Å²) in [5, 5.41) is 0. The van der Waals surface area contributed by atoms with Gasteiger partial charge in [-0.05, 0) is 80.3 Å². The molecule has 2 aromatic carbocycles. The minimum atomic E-state index is -0.243. The first-order chi connectivity index (χ1) is 18.0. The molecule has 6 rings (SSSR count). The summed E-state index contributed by atoms with van der Waals surface area (Å²) < 4.78 is 13.3. The van der Waals surface area contributed by atoms with E-state index in [1.807, 2.05) is 4.90 Å². The Morgan fingerprint density at radius 2 is 1.61 bits per heavy atom. The van der Waals surface area contributed by atoms with Crippen LogP contribution < -0.4 is 0 Å². The molecule has 2 aromatic rings. The van der Waals surface area contributed by atoms with Gasteiger partial charge in [-0.2, -0.15) is 0 Å². The second-order valence-corrected chi connectivity index (χ2v) is 11.9. The molecule has 0 aromatic heterocycles. The van der Waals surface area contributed by atoms with Crippen molar-refractivity contribution in [3.8, 4) is 0 Å². The molecule has 2 amide bonds. The van der Waals surface area contributed by atoms with Crippen molar-refractivity contribution in [1.82, 2.24) is 14.7 Å². The van der Waals surface area contributed by atoms with Crippen molar-refractivity contribution in [2.24, 2.45) is 17.3 Å². The standard InChI is InChI=1S/C31H38FN3O2.ClH/c32-27-10-8-24(9-11-27)19-34-17-14-31(30(34)37)12-15-33(16-13-31)20-26-21-35(29(36)18-23-6-7-23)22-28(26)25-4-2-1-3-5-25;/h1-5,8-11,23,26,28H,6-7,12-22H2;1H/t26-,28+;/m0./s1. The molecule has 1 saturated carbocycles. The molecule has 1 aliphatic carbocycles. The summed E-state index contributed by atoms with van der Waals surface area (Å²) in [6.45, 7) is 5.87. The minimum absolute atomic E-state index is 0. The van der Waals surface area contributed by atoms with Gasteiger partial charge in [0, 0.05) is 45.1 Å². The van der Waals surface area contributed by atoms with E-state index in [4.69, 9.17) is 0 Å². The van der Waals surface area contributed by atoms with Crippen LogP contribution in [0, 0.1) is 23.1 Å². The first-order valence-electron chi connectivity index (χ1n) is 14.1. The highest BCUT2D eigenvalue weighted by Gasteiger charge is 2.48. The highest BCUT2D eigenvalue weighted by atomic mass is 35.5. The molecule has 0 bridgehead atoms. The Hall–Kier alpha value is -2.44. The second kappa shape index (κ2) is 11.4. The van der Waals surface area contributed by atoms with Crippen LogP contribution in [0.3, 0.4) is 0 Å². The van der Waals surface area contributed by atoms with Crippen molar-refractivity contribution in [1.29, 1.82) is 0 Å². The van der Waals surface area contributed by atoms with E-state index in [0.717, 1.165) is 70.5 Å². The van der Waals surface area contributed by atoms with Crippen LogP contribution in [0.15, 0.2) is 54.6 Å². The highest BCUT2D eigenvalue weighted by Crippen LogP contribution is 2.43. The fourth-order valence-corrected chi connectivity index (χ4v) is 6.85. The van der Waals surface area contributed by atoms with Gasteiger partial charge in [0.05, 0.1) is 5.41 Å². The fraction of sp³-hybridized carbons (Fsp3) is 0.548. The van der Waals surface area contributed by atoms with E-state index >= 15 is 0 Å². The van der Waals surface area contributed by atoms with E-state index in [1.54, 1.807) is 12.1 Å². The van der Waals surface area contributed by atoms with Gasteiger partial charge < -0.3 is 14.7 Å². The number of hydrogen-bond acceptors (Lipinski definition) is 3. The summed E-state index contributed by atoms with van der Waals surface area (Å²) in [6.07, 6.45) is 5.86. The van der Waals surface area contributed by atoms with Crippen LogP contribution in [-0.2, 0) is 16.1 Å². The Balaban J connectivity index is 0.00000294. The average Bonchev–Trinajstić information content (AvgIpc) is 3.56. The molecule has 0 N–H and O–H groups in total. The van der Waals surface area contributed by atoms with Gasteiger partial charge in [0.1, 0.15) is 5.82 Å². The molecular formula is C31H39ClFN3O2. The first-order valence-corrected chi connectivity index (χ1v) is 14.1. The van der Waals surface area contributed by atoms with Gasteiger partial charge in [0.25, 0.3) is 0 Å². The molecule has 3 saturated heterocycles. The number of rotatable bonds is 7. The lowest BCUT2D eigenvalue weighted by Crippen LogP contribution is -2.46. The van der Waals surface area contributed by atoms with Crippen molar-refractivity contribution >= 4 is 24.2 Å². The number of nitrogens with zero attached hydrogens (tertiary/aromatic N) is 3. The lowest BCUT2D eigenvalue weighted by atomic mass is 9.76. The predicted octanol–water partition coefficient (Wildman–Crippen LogP) is 5.10. The van der Waals surface area contributed by atoms with Crippen LogP contribution in [0.25, 0.3) is 0 Å². The SMILES string of the molecule is Cl.O=C(CC1CC1)N1C[C@H](CN2CCC3(CC2)CCN(Cc2ccc(F)cc2)C3=O)[C@@H](c2ccccc2)C1. The van der Waals surface area contributed by atoms with Crippen molar-refractivity contribution in [3.05, 3.63) is 71.5 Å².